The van der Waals surface area contributed by atoms with Crippen LogP contribution in [-0.4, -0.2) is 6.54 Å². The second kappa shape index (κ2) is 4.81. The minimum atomic E-state index is 0.352. The van der Waals surface area contributed by atoms with E-state index in [9.17, 15) is 0 Å². The summed E-state index contributed by atoms with van der Waals surface area (Å²) in [6.45, 7) is 10.1. The van der Waals surface area contributed by atoms with Crippen molar-refractivity contribution in [3.8, 4) is 0 Å². The minimum absolute atomic E-state index is 0.352. The van der Waals surface area contributed by atoms with Crippen molar-refractivity contribution in [3.63, 3.8) is 0 Å². The Hall–Kier alpha value is -0.820. The first kappa shape index (κ1) is 12.6. The number of hydrogen-bond donors (Lipinski definition) is 1. The smallest absolute Gasteiger partial charge is 0.0292 e. The van der Waals surface area contributed by atoms with Crippen LogP contribution in [0.5, 0.6) is 0 Å². The summed E-state index contributed by atoms with van der Waals surface area (Å²) >= 11 is 0. The standard InChI is InChI=1S/C16H25N/c1-12(17-11-16(2,3)4)14-9-8-13-6-5-7-15(13)10-14/h8-10,12,17H,5-7,11H2,1-4H3. The van der Waals surface area contributed by atoms with Gasteiger partial charge in [-0.15, -0.1) is 0 Å². The Labute approximate surface area is 106 Å². The number of hydrogen-bond acceptors (Lipinski definition) is 1. The molecule has 0 fully saturated rings. The van der Waals surface area contributed by atoms with Gasteiger partial charge in [0.15, 0.2) is 0 Å². The normalized spacial score (nSPS) is 16.9. The molecule has 0 spiro atoms. The highest BCUT2D eigenvalue weighted by atomic mass is 14.9. The van der Waals surface area contributed by atoms with E-state index in [0.29, 0.717) is 11.5 Å². The zero-order chi connectivity index (χ0) is 12.5. The van der Waals surface area contributed by atoms with Crippen LogP contribution in [0.25, 0.3) is 0 Å². The van der Waals surface area contributed by atoms with E-state index in [1.54, 1.807) is 11.1 Å². The van der Waals surface area contributed by atoms with E-state index >= 15 is 0 Å². The van der Waals surface area contributed by atoms with Gasteiger partial charge in [-0.2, -0.15) is 0 Å². The molecule has 1 unspecified atom stereocenters. The molecule has 0 saturated carbocycles. The zero-order valence-corrected chi connectivity index (χ0v) is 11.6. The van der Waals surface area contributed by atoms with Crippen LogP contribution in [0.15, 0.2) is 18.2 Å². The van der Waals surface area contributed by atoms with Crippen LogP contribution in [0.3, 0.4) is 0 Å². The summed E-state index contributed by atoms with van der Waals surface area (Å²) in [5.41, 5.74) is 4.93. The Bertz CT molecular complexity index is 387. The monoisotopic (exact) mass is 231 g/mol. The first-order valence-corrected chi connectivity index (χ1v) is 6.81. The van der Waals surface area contributed by atoms with Gasteiger partial charge in [-0.25, -0.2) is 0 Å². The molecule has 1 aliphatic carbocycles. The van der Waals surface area contributed by atoms with Gasteiger partial charge in [0.2, 0.25) is 0 Å². The predicted molar refractivity (Wildman–Crippen MR) is 74.3 cm³/mol. The Balaban J connectivity index is 2.02. The summed E-state index contributed by atoms with van der Waals surface area (Å²) in [5, 5.41) is 3.63. The highest BCUT2D eigenvalue weighted by Crippen LogP contribution is 2.25. The summed E-state index contributed by atoms with van der Waals surface area (Å²) < 4.78 is 0. The van der Waals surface area contributed by atoms with E-state index in [-0.39, 0.29) is 0 Å². The fourth-order valence-corrected chi connectivity index (χ4v) is 2.44. The molecule has 0 amide bonds. The summed E-state index contributed by atoms with van der Waals surface area (Å²) in [4.78, 5) is 0. The SMILES string of the molecule is CC(NCC(C)(C)C)c1ccc2c(c1)CCC2. The van der Waals surface area contributed by atoms with Crippen molar-refractivity contribution < 1.29 is 0 Å². The highest BCUT2D eigenvalue weighted by Gasteiger charge is 2.15. The van der Waals surface area contributed by atoms with Crippen molar-refractivity contribution in [1.29, 1.82) is 0 Å². The van der Waals surface area contributed by atoms with Gasteiger partial charge in [0.1, 0.15) is 0 Å². The lowest BCUT2D eigenvalue weighted by Crippen LogP contribution is -2.29. The lowest BCUT2D eigenvalue weighted by molar-refractivity contribution is 0.359. The number of rotatable bonds is 3. The molecule has 0 saturated heterocycles. The van der Waals surface area contributed by atoms with Crippen LogP contribution >= 0.6 is 0 Å². The first-order valence-electron chi connectivity index (χ1n) is 6.81. The van der Waals surface area contributed by atoms with E-state index in [4.69, 9.17) is 0 Å². The average Bonchev–Trinajstić information content (AvgIpc) is 2.71. The molecule has 0 heterocycles. The zero-order valence-electron chi connectivity index (χ0n) is 11.6. The molecule has 1 heteroatoms. The molecule has 0 aliphatic heterocycles. The molecule has 17 heavy (non-hydrogen) atoms. The van der Waals surface area contributed by atoms with Crippen molar-refractivity contribution in [3.05, 3.63) is 34.9 Å². The predicted octanol–water partition coefficient (Wildman–Crippen LogP) is 3.87. The Morgan fingerprint density at radius 2 is 1.88 bits per heavy atom. The molecule has 2 rings (SSSR count). The summed E-state index contributed by atoms with van der Waals surface area (Å²) in [5.74, 6) is 0. The fourth-order valence-electron chi connectivity index (χ4n) is 2.44. The highest BCUT2D eigenvalue weighted by molar-refractivity contribution is 5.36. The molecular weight excluding hydrogens is 206 g/mol. The van der Waals surface area contributed by atoms with Gasteiger partial charge in [-0.05, 0) is 48.3 Å². The molecule has 1 aromatic carbocycles. The van der Waals surface area contributed by atoms with Crippen LogP contribution < -0.4 is 5.32 Å². The maximum atomic E-state index is 3.63. The Morgan fingerprint density at radius 1 is 1.18 bits per heavy atom. The third-order valence-electron chi connectivity index (χ3n) is 3.56. The van der Waals surface area contributed by atoms with E-state index < -0.39 is 0 Å². The topological polar surface area (TPSA) is 12.0 Å². The van der Waals surface area contributed by atoms with E-state index in [0.717, 1.165) is 6.54 Å². The Morgan fingerprint density at radius 3 is 2.59 bits per heavy atom. The van der Waals surface area contributed by atoms with Crippen LogP contribution in [0.2, 0.25) is 0 Å². The maximum Gasteiger partial charge on any atom is 0.0292 e. The maximum absolute atomic E-state index is 3.63. The third kappa shape index (κ3) is 3.32. The summed E-state index contributed by atoms with van der Waals surface area (Å²) in [6.07, 6.45) is 3.89. The molecular formula is C16H25N. The van der Waals surface area contributed by atoms with Gasteiger partial charge in [0.05, 0.1) is 0 Å². The van der Waals surface area contributed by atoms with Crippen molar-refractivity contribution >= 4 is 0 Å². The van der Waals surface area contributed by atoms with Crippen molar-refractivity contribution in [2.45, 2.75) is 53.0 Å². The van der Waals surface area contributed by atoms with Gasteiger partial charge in [-0.3, -0.25) is 0 Å². The van der Waals surface area contributed by atoms with Gasteiger partial charge in [-0.1, -0.05) is 39.0 Å². The Kier molecular flexibility index (Phi) is 3.58. The second-order valence-electron chi connectivity index (χ2n) is 6.54. The number of aryl methyl sites for hydroxylation is 2. The van der Waals surface area contributed by atoms with Crippen molar-refractivity contribution in [2.75, 3.05) is 6.54 Å². The van der Waals surface area contributed by atoms with Gasteiger partial charge < -0.3 is 5.32 Å². The van der Waals surface area contributed by atoms with Crippen molar-refractivity contribution in [1.82, 2.24) is 5.32 Å². The van der Waals surface area contributed by atoms with Crippen LogP contribution in [0.4, 0.5) is 0 Å². The van der Waals surface area contributed by atoms with Gasteiger partial charge in [0.25, 0.3) is 0 Å². The molecule has 94 valence electrons. The third-order valence-corrected chi connectivity index (χ3v) is 3.56. The summed E-state index contributed by atoms with van der Waals surface area (Å²) in [7, 11) is 0. The lowest BCUT2D eigenvalue weighted by atomic mass is 9.95. The molecule has 1 N–H and O–H groups in total. The molecule has 1 aliphatic rings. The van der Waals surface area contributed by atoms with Crippen LogP contribution in [-0.2, 0) is 12.8 Å². The van der Waals surface area contributed by atoms with Crippen LogP contribution in [0.1, 0.15) is 56.8 Å². The van der Waals surface area contributed by atoms with Crippen LogP contribution in [0, 0.1) is 5.41 Å². The molecule has 1 nitrogen and oxygen atoms in total. The molecule has 1 atom stereocenters. The molecule has 0 radical (unpaired) electrons. The van der Waals surface area contributed by atoms with Crippen molar-refractivity contribution in [2.24, 2.45) is 5.41 Å². The molecule has 0 bridgehead atoms. The summed E-state index contributed by atoms with van der Waals surface area (Å²) in [6, 6.07) is 7.49. The number of nitrogens with one attached hydrogen (secondary N) is 1. The number of benzene rings is 1. The van der Waals surface area contributed by atoms with Gasteiger partial charge in [0, 0.05) is 12.6 Å². The van der Waals surface area contributed by atoms with Gasteiger partial charge >= 0.3 is 0 Å². The second-order valence-corrected chi connectivity index (χ2v) is 6.54. The lowest BCUT2D eigenvalue weighted by Gasteiger charge is -2.23. The van der Waals surface area contributed by atoms with E-state index in [1.165, 1.54) is 24.8 Å². The average molecular weight is 231 g/mol. The largest absolute Gasteiger partial charge is 0.310 e. The first-order chi connectivity index (χ1) is 7.96. The van der Waals surface area contributed by atoms with E-state index in [1.807, 2.05) is 0 Å². The quantitative estimate of drug-likeness (QED) is 0.832. The minimum Gasteiger partial charge on any atom is -0.310 e. The number of fused-ring (bicyclic) bond motifs is 1. The molecule has 1 aromatic rings. The molecule has 0 aromatic heterocycles. The van der Waals surface area contributed by atoms with E-state index in [2.05, 4.69) is 51.2 Å². The fraction of sp³-hybridized carbons (Fsp3) is 0.625.